The molecule has 0 saturated carbocycles. The molecule has 0 atom stereocenters. The molecular weight excluding hydrogens is 450 g/mol. The van der Waals surface area contributed by atoms with Crippen LogP contribution in [0, 0.1) is 6.92 Å². The molecule has 1 amide bonds. The fourth-order valence-electron chi connectivity index (χ4n) is 3.64. The highest BCUT2D eigenvalue weighted by Crippen LogP contribution is 2.36. The van der Waals surface area contributed by atoms with Gasteiger partial charge in [0, 0.05) is 23.3 Å². The Labute approximate surface area is 202 Å². The van der Waals surface area contributed by atoms with Crippen LogP contribution in [0.3, 0.4) is 0 Å². The first-order valence-electron chi connectivity index (χ1n) is 11.1. The normalized spacial score (nSPS) is 11.1. The molecule has 4 rings (SSSR count). The first kappa shape index (κ1) is 23.5. The molecule has 0 aliphatic carbocycles. The summed E-state index contributed by atoms with van der Waals surface area (Å²) in [6.45, 7) is 7.94. The monoisotopic (exact) mass is 477 g/mol. The fourth-order valence-corrected chi connectivity index (χ4v) is 4.62. The summed E-state index contributed by atoms with van der Waals surface area (Å²) < 4.78 is 12.9. The summed E-state index contributed by atoms with van der Waals surface area (Å²) in [5.41, 5.74) is 4.68. The summed E-state index contributed by atoms with van der Waals surface area (Å²) >= 11 is 1.29. The van der Waals surface area contributed by atoms with E-state index in [0.29, 0.717) is 27.9 Å². The van der Waals surface area contributed by atoms with Gasteiger partial charge < -0.3 is 19.2 Å². The summed E-state index contributed by atoms with van der Waals surface area (Å²) in [7, 11) is 0. The zero-order chi connectivity index (χ0) is 24.2. The molecule has 0 spiro atoms. The second-order valence-corrected chi connectivity index (χ2v) is 9.05. The van der Waals surface area contributed by atoms with Gasteiger partial charge in [-0.25, -0.2) is 9.78 Å². The summed E-state index contributed by atoms with van der Waals surface area (Å²) in [5, 5.41) is 5.12. The number of imidazole rings is 1. The van der Waals surface area contributed by atoms with Crippen LogP contribution < -0.4 is 10.1 Å². The molecule has 0 bridgehead atoms. The van der Waals surface area contributed by atoms with E-state index in [1.54, 1.807) is 13.0 Å². The number of carbonyl (C=O) groups excluding carboxylic acids is 2. The number of nitrogens with zero attached hydrogens (tertiary/aromatic N) is 2. The molecule has 8 heteroatoms. The third-order valence-corrected chi connectivity index (χ3v) is 6.23. The van der Waals surface area contributed by atoms with Crippen LogP contribution in [0.2, 0.25) is 0 Å². The molecule has 1 N–H and O–H groups in total. The second kappa shape index (κ2) is 10.1. The van der Waals surface area contributed by atoms with Crippen molar-refractivity contribution in [2.75, 3.05) is 18.5 Å². The minimum Gasteiger partial charge on any atom is -0.480 e. The zero-order valence-corrected chi connectivity index (χ0v) is 20.4. The van der Waals surface area contributed by atoms with Gasteiger partial charge in [-0.05, 0) is 43.0 Å². The summed E-state index contributed by atoms with van der Waals surface area (Å²) in [5.74, 6) is 0.0704. The Morgan fingerprint density at radius 1 is 1.18 bits per heavy atom. The van der Waals surface area contributed by atoms with Gasteiger partial charge in [-0.2, -0.15) is 0 Å². The summed E-state index contributed by atoms with van der Waals surface area (Å²) in [6, 6.07) is 11.7. The number of hydrogen-bond acceptors (Lipinski definition) is 6. The highest BCUT2D eigenvalue weighted by molar-refractivity contribution is 7.15. The Morgan fingerprint density at radius 3 is 2.65 bits per heavy atom. The van der Waals surface area contributed by atoms with E-state index >= 15 is 0 Å². The van der Waals surface area contributed by atoms with Crippen molar-refractivity contribution in [1.82, 2.24) is 9.38 Å². The Kier molecular flexibility index (Phi) is 6.98. The van der Waals surface area contributed by atoms with Crippen LogP contribution in [0.5, 0.6) is 5.75 Å². The second-order valence-electron chi connectivity index (χ2n) is 8.17. The molecular formula is C26H27N3O4S. The van der Waals surface area contributed by atoms with E-state index in [1.807, 2.05) is 47.3 Å². The standard InChI is InChI=1S/C26H27N3O4S/c1-5-32-26(31)23-20(19-10-8-18(9-11-19)16(2)3)15-34-25(23)28-22(30)14-33-21-7-6-12-29-13-17(4)27-24(21)29/h6-13,15-16H,5,14H2,1-4H3,(H,28,30). The van der Waals surface area contributed by atoms with Gasteiger partial charge in [-0.3, -0.25) is 4.79 Å². The maximum Gasteiger partial charge on any atom is 0.341 e. The first-order chi connectivity index (χ1) is 16.4. The molecule has 34 heavy (non-hydrogen) atoms. The van der Waals surface area contributed by atoms with Gasteiger partial charge in [-0.15, -0.1) is 11.3 Å². The van der Waals surface area contributed by atoms with E-state index in [4.69, 9.17) is 9.47 Å². The van der Waals surface area contributed by atoms with Crippen LogP contribution in [0.25, 0.3) is 16.8 Å². The average molecular weight is 478 g/mol. The number of nitrogens with one attached hydrogen (secondary N) is 1. The fraction of sp³-hybridized carbons (Fsp3) is 0.269. The molecule has 0 aliphatic rings. The van der Waals surface area contributed by atoms with E-state index in [9.17, 15) is 9.59 Å². The van der Waals surface area contributed by atoms with Crippen molar-refractivity contribution in [2.24, 2.45) is 0 Å². The number of thiophene rings is 1. The number of aryl methyl sites for hydroxylation is 1. The summed E-state index contributed by atoms with van der Waals surface area (Å²) in [4.78, 5) is 29.9. The molecule has 7 nitrogen and oxygen atoms in total. The average Bonchev–Trinajstić information content (AvgIpc) is 3.40. The maximum absolute atomic E-state index is 12.8. The molecule has 0 unspecified atom stereocenters. The SMILES string of the molecule is CCOC(=O)c1c(-c2ccc(C(C)C)cc2)csc1NC(=O)COc1cccn2cc(C)nc12. The van der Waals surface area contributed by atoms with Crippen molar-refractivity contribution in [1.29, 1.82) is 0 Å². The topological polar surface area (TPSA) is 81.9 Å². The van der Waals surface area contributed by atoms with E-state index in [2.05, 4.69) is 36.3 Å². The Morgan fingerprint density at radius 2 is 1.94 bits per heavy atom. The number of esters is 1. The van der Waals surface area contributed by atoms with Crippen molar-refractivity contribution in [3.8, 4) is 16.9 Å². The van der Waals surface area contributed by atoms with Gasteiger partial charge in [0.25, 0.3) is 5.91 Å². The lowest BCUT2D eigenvalue weighted by atomic mass is 9.98. The number of ether oxygens (including phenoxy) is 2. The highest BCUT2D eigenvalue weighted by Gasteiger charge is 2.23. The largest absolute Gasteiger partial charge is 0.480 e. The molecule has 176 valence electrons. The van der Waals surface area contributed by atoms with Crippen LogP contribution in [0.15, 0.2) is 54.2 Å². The molecule has 4 aromatic rings. The van der Waals surface area contributed by atoms with E-state index in [1.165, 1.54) is 16.9 Å². The van der Waals surface area contributed by atoms with Crippen molar-refractivity contribution in [2.45, 2.75) is 33.6 Å². The summed E-state index contributed by atoms with van der Waals surface area (Å²) in [6.07, 6.45) is 3.75. The van der Waals surface area contributed by atoms with Gasteiger partial charge >= 0.3 is 5.97 Å². The van der Waals surface area contributed by atoms with Gasteiger partial charge in [0.2, 0.25) is 0 Å². The molecule has 1 aromatic carbocycles. The molecule has 0 aliphatic heterocycles. The quantitative estimate of drug-likeness (QED) is 0.330. The molecule has 3 heterocycles. The molecule has 3 aromatic heterocycles. The Hall–Kier alpha value is -3.65. The van der Waals surface area contributed by atoms with Crippen LogP contribution in [0.1, 0.15) is 48.3 Å². The molecule has 0 radical (unpaired) electrons. The molecule has 0 fully saturated rings. The smallest absolute Gasteiger partial charge is 0.341 e. The van der Waals surface area contributed by atoms with Crippen molar-refractivity contribution in [3.05, 3.63) is 71.0 Å². The van der Waals surface area contributed by atoms with Gasteiger partial charge in [0.05, 0.1) is 12.3 Å². The number of anilines is 1. The number of hydrogen-bond donors (Lipinski definition) is 1. The third-order valence-electron chi connectivity index (χ3n) is 5.34. The minimum absolute atomic E-state index is 0.218. The lowest BCUT2D eigenvalue weighted by Gasteiger charge is -2.11. The number of benzene rings is 1. The predicted octanol–water partition coefficient (Wildman–Crippen LogP) is 5.69. The van der Waals surface area contributed by atoms with Crippen molar-refractivity contribution in [3.63, 3.8) is 0 Å². The van der Waals surface area contributed by atoms with Crippen LogP contribution in [0.4, 0.5) is 5.00 Å². The van der Waals surface area contributed by atoms with Crippen LogP contribution in [-0.2, 0) is 9.53 Å². The Bertz CT molecular complexity index is 1320. The number of carbonyl (C=O) groups is 2. The lowest BCUT2D eigenvalue weighted by Crippen LogP contribution is -2.21. The minimum atomic E-state index is -0.472. The molecule has 0 saturated heterocycles. The number of aromatic nitrogens is 2. The first-order valence-corrected chi connectivity index (χ1v) is 12.0. The third kappa shape index (κ3) is 4.97. The Balaban J connectivity index is 1.54. The zero-order valence-electron chi connectivity index (χ0n) is 19.6. The van der Waals surface area contributed by atoms with E-state index < -0.39 is 5.97 Å². The van der Waals surface area contributed by atoms with E-state index in [0.717, 1.165) is 16.8 Å². The lowest BCUT2D eigenvalue weighted by molar-refractivity contribution is -0.118. The van der Waals surface area contributed by atoms with Gasteiger partial charge in [0.1, 0.15) is 10.6 Å². The van der Waals surface area contributed by atoms with E-state index in [-0.39, 0.29) is 19.1 Å². The van der Waals surface area contributed by atoms with Crippen molar-refractivity contribution < 1.29 is 19.1 Å². The van der Waals surface area contributed by atoms with Gasteiger partial charge in [-0.1, -0.05) is 38.1 Å². The van der Waals surface area contributed by atoms with Crippen molar-refractivity contribution >= 4 is 33.9 Å². The number of rotatable bonds is 8. The number of pyridine rings is 1. The maximum atomic E-state index is 12.8. The van der Waals surface area contributed by atoms with Crippen LogP contribution >= 0.6 is 11.3 Å². The number of amides is 1. The van der Waals surface area contributed by atoms with Gasteiger partial charge in [0.15, 0.2) is 18.0 Å². The van der Waals surface area contributed by atoms with Crippen LogP contribution in [-0.4, -0.2) is 34.5 Å². The number of fused-ring (bicyclic) bond motifs is 1. The highest BCUT2D eigenvalue weighted by atomic mass is 32.1. The predicted molar refractivity (Wildman–Crippen MR) is 134 cm³/mol.